The molecule has 0 radical (unpaired) electrons. The Morgan fingerprint density at radius 3 is 3.20 bits per heavy atom. The van der Waals surface area contributed by atoms with Crippen LogP contribution in [0, 0.1) is 11.8 Å². The van der Waals surface area contributed by atoms with Gasteiger partial charge in [-0.25, -0.2) is 0 Å². The molecular weight excluding hydrogens is 186 g/mol. The lowest BCUT2D eigenvalue weighted by atomic mass is 9.84. The fraction of sp³-hybridized carbons (Fsp3) is 0.462. The first-order chi connectivity index (χ1) is 7.29. The van der Waals surface area contributed by atoms with E-state index in [0.29, 0.717) is 5.78 Å². The number of hydrogen-bond donors (Lipinski definition) is 1. The summed E-state index contributed by atoms with van der Waals surface area (Å²) in [7, 11) is 0. The summed E-state index contributed by atoms with van der Waals surface area (Å²) in [6.45, 7) is 2.89. The third-order valence-electron chi connectivity index (χ3n) is 3.79. The van der Waals surface area contributed by atoms with Crippen LogP contribution in [0.2, 0.25) is 0 Å². The van der Waals surface area contributed by atoms with Crippen LogP contribution >= 0.6 is 0 Å². The summed E-state index contributed by atoms with van der Waals surface area (Å²) >= 11 is 0. The molecule has 0 saturated heterocycles. The fourth-order valence-corrected chi connectivity index (χ4v) is 2.99. The van der Waals surface area contributed by atoms with Gasteiger partial charge in [-0.05, 0) is 41.8 Å². The first kappa shape index (κ1) is 8.96. The van der Waals surface area contributed by atoms with Crippen molar-refractivity contribution in [3.05, 3.63) is 35.1 Å². The molecule has 2 heteroatoms. The lowest BCUT2D eigenvalue weighted by Crippen LogP contribution is -2.19. The largest absolute Gasteiger partial charge is 0.387 e. The Labute approximate surface area is 89.7 Å². The van der Waals surface area contributed by atoms with Crippen molar-refractivity contribution in [1.29, 1.82) is 0 Å². The molecule has 1 N–H and O–H groups in total. The number of ketones is 1. The van der Waals surface area contributed by atoms with Gasteiger partial charge in [0.25, 0.3) is 0 Å². The maximum atomic E-state index is 12.1. The highest BCUT2D eigenvalue weighted by Gasteiger charge is 2.40. The van der Waals surface area contributed by atoms with Gasteiger partial charge in [-0.2, -0.15) is 0 Å². The molecule has 0 aromatic rings. The molecule has 0 saturated carbocycles. The molecule has 0 aromatic carbocycles. The van der Waals surface area contributed by atoms with E-state index in [4.69, 9.17) is 0 Å². The van der Waals surface area contributed by atoms with Crippen LogP contribution in [0.4, 0.5) is 0 Å². The van der Waals surface area contributed by atoms with Gasteiger partial charge in [0.05, 0.1) is 0 Å². The average molecular weight is 201 g/mol. The van der Waals surface area contributed by atoms with E-state index in [1.165, 1.54) is 16.7 Å². The van der Waals surface area contributed by atoms with Crippen molar-refractivity contribution in [2.75, 3.05) is 6.54 Å². The van der Waals surface area contributed by atoms with E-state index in [-0.39, 0.29) is 11.8 Å². The molecule has 3 rings (SSSR count). The number of Topliss-reactive ketones (excluding diaryl/α,β-unsaturated/α-hetero) is 1. The molecule has 0 spiro atoms. The molecule has 0 bridgehead atoms. The van der Waals surface area contributed by atoms with Crippen LogP contribution < -0.4 is 5.32 Å². The molecule has 15 heavy (non-hydrogen) atoms. The van der Waals surface area contributed by atoms with Crippen molar-refractivity contribution in [3.8, 4) is 0 Å². The number of carbonyl (C=O) groups is 1. The van der Waals surface area contributed by atoms with Crippen LogP contribution in [0.1, 0.15) is 19.8 Å². The second-order valence-electron chi connectivity index (χ2n) is 4.57. The standard InChI is InChI=1S/C13H15NO/c1-8-11-7-14-6-5-9-3-2-4-10(12(9)11)13(8)15/h3,5-6,8,10,14H,2,4,7H2,1H3. The monoisotopic (exact) mass is 201 g/mol. The van der Waals surface area contributed by atoms with Crippen molar-refractivity contribution in [2.24, 2.45) is 11.8 Å². The van der Waals surface area contributed by atoms with E-state index < -0.39 is 0 Å². The van der Waals surface area contributed by atoms with Gasteiger partial charge in [-0.15, -0.1) is 0 Å². The molecule has 1 heterocycles. The third-order valence-corrected chi connectivity index (χ3v) is 3.79. The summed E-state index contributed by atoms with van der Waals surface area (Å²) in [5.41, 5.74) is 3.94. The van der Waals surface area contributed by atoms with Crippen LogP contribution in [-0.4, -0.2) is 12.3 Å². The Bertz CT molecular complexity index is 414. The van der Waals surface area contributed by atoms with Gasteiger partial charge in [0.15, 0.2) is 0 Å². The molecule has 0 fully saturated rings. The molecule has 2 unspecified atom stereocenters. The van der Waals surface area contributed by atoms with Crippen molar-refractivity contribution < 1.29 is 4.79 Å². The Kier molecular flexibility index (Phi) is 1.84. The zero-order valence-electron chi connectivity index (χ0n) is 8.92. The fourth-order valence-electron chi connectivity index (χ4n) is 2.99. The van der Waals surface area contributed by atoms with Crippen LogP contribution in [-0.2, 0) is 4.79 Å². The number of hydrogen-bond acceptors (Lipinski definition) is 2. The van der Waals surface area contributed by atoms with E-state index in [1.807, 2.05) is 13.1 Å². The summed E-state index contributed by atoms with van der Waals surface area (Å²) in [4.78, 5) is 12.1. The van der Waals surface area contributed by atoms with E-state index in [9.17, 15) is 4.79 Å². The predicted octanol–water partition coefficient (Wildman–Crippen LogP) is 1.96. The van der Waals surface area contributed by atoms with Crippen LogP contribution in [0.15, 0.2) is 35.1 Å². The summed E-state index contributed by atoms with van der Waals surface area (Å²) in [5.74, 6) is 0.751. The first-order valence-corrected chi connectivity index (χ1v) is 5.66. The van der Waals surface area contributed by atoms with Crippen molar-refractivity contribution >= 4 is 5.78 Å². The second kappa shape index (κ2) is 3.09. The van der Waals surface area contributed by atoms with Gasteiger partial charge < -0.3 is 5.32 Å². The zero-order valence-corrected chi connectivity index (χ0v) is 8.92. The Hall–Kier alpha value is -1.31. The van der Waals surface area contributed by atoms with Crippen LogP contribution in [0.5, 0.6) is 0 Å². The van der Waals surface area contributed by atoms with Gasteiger partial charge in [0.2, 0.25) is 0 Å². The number of nitrogens with one attached hydrogen (secondary N) is 1. The smallest absolute Gasteiger partial charge is 0.147 e. The zero-order chi connectivity index (χ0) is 10.4. The quantitative estimate of drug-likeness (QED) is 0.649. The maximum Gasteiger partial charge on any atom is 0.147 e. The maximum absolute atomic E-state index is 12.1. The highest BCUT2D eigenvalue weighted by Crippen LogP contribution is 2.43. The van der Waals surface area contributed by atoms with Gasteiger partial charge >= 0.3 is 0 Å². The minimum atomic E-state index is 0.124. The molecule has 2 aliphatic carbocycles. The Balaban J connectivity index is 2.17. The molecule has 1 aliphatic heterocycles. The summed E-state index contributed by atoms with van der Waals surface area (Å²) in [5, 5.41) is 3.25. The molecule has 2 atom stereocenters. The van der Waals surface area contributed by atoms with E-state index in [1.54, 1.807) is 0 Å². The lowest BCUT2D eigenvalue weighted by molar-refractivity contribution is -0.123. The second-order valence-corrected chi connectivity index (χ2v) is 4.57. The van der Waals surface area contributed by atoms with E-state index in [2.05, 4.69) is 17.5 Å². The van der Waals surface area contributed by atoms with Crippen molar-refractivity contribution in [1.82, 2.24) is 5.32 Å². The van der Waals surface area contributed by atoms with Crippen molar-refractivity contribution in [2.45, 2.75) is 19.8 Å². The van der Waals surface area contributed by atoms with Gasteiger partial charge in [-0.1, -0.05) is 13.0 Å². The number of carbonyl (C=O) groups excluding carboxylic acids is 1. The minimum absolute atomic E-state index is 0.124. The van der Waals surface area contributed by atoms with E-state index in [0.717, 1.165) is 19.4 Å². The van der Waals surface area contributed by atoms with Gasteiger partial charge in [0.1, 0.15) is 5.78 Å². The molecule has 78 valence electrons. The number of rotatable bonds is 0. The van der Waals surface area contributed by atoms with Gasteiger partial charge in [-0.3, -0.25) is 4.79 Å². The summed E-state index contributed by atoms with van der Waals surface area (Å²) < 4.78 is 0. The normalized spacial score (nSPS) is 33.4. The van der Waals surface area contributed by atoms with Crippen LogP contribution in [0.25, 0.3) is 0 Å². The third kappa shape index (κ3) is 1.14. The predicted molar refractivity (Wildman–Crippen MR) is 59.1 cm³/mol. The molecule has 0 aromatic heterocycles. The summed E-state index contributed by atoms with van der Waals surface area (Å²) in [6, 6.07) is 0. The average Bonchev–Trinajstić information content (AvgIpc) is 2.45. The molecule has 3 aliphatic rings. The Morgan fingerprint density at radius 1 is 1.47 bits per heavy atom. The highest BCUT2D eigenvalue weighted by atomic mass is 16.1. The van der Waals surface area contributed by atoms with Crippen molar-refractivity contribution in [3.63, 3.8) is 0 Å². The van der Waals surface area contributed by atoms with E-state index >= 15 is 0 Å². The van der Waals surface area contributed by atoms with Gasteiger partial charge in [0, 0.05) is 18.4 Å². The molecule has 2 nitrogen and oxygen atoms in total. The Morgan fingerprint density at radius 2 is 2.33 bits per heavy atom. The summed E-state index contributed by atoms with van der Waals surface area (Å²) in [6.07, 6.45) is 8.43. The highest BCUT2D eigenvalue weighted by molar-refractivity contribution is 5.94. The number of allylic oxidation sites excluding steroid dienone is 4. The SMILES string of the molecule is CC1C(=O)C2CCC=C3C=CNCC1=C32. The lowest BCUT2D eigenvalue weighted by Gasteiger charge is -2.19. The van der Waals surface area contributed by atoms with Crippen LogP contribution in [0.3, 0.4) is 0 Å². The minimum Gasteiger partial charge on any atom is -0.387 e. The molecular formula is C13H15NO. The topological polar surface area (TPSA) is 29.1 Å². The first-order valence-electron chi connectivity index (χ1n) is 5.66. The molecule has 0 amide bonds.